The minimum absolute atomic E-state index is 0.431. The van der Waals surface area contributed by atoms with Crippen molar-refractivity contribution in [3.63, 3.8) is 0 Å². The van der Waals surface area contributed by atoms with Crippen LogP contribution in [0.5, 0.6) is 0 Å². The Bertz CT molecular complexity index is 543. The number of aliphatic hydroxyl groups is 2. The van der Waals surface area contributed by atoms with Crippen molar-refractivity contribution < 1.29 is 71.6 Å². The number of carbonyl (C=O) groups is 1. The van der Waals surface area contributed by atoms with Crippen LogP contribution in [0.4, 0.5) is 0 Å². The molecule has 0 aliphatic heterocycles. The molecule has 0 bridgehead atoms. The van der Waals surface area contributed by atoms with Gasteiger partial charge in [-0.1, -0.05) is 0 Å². The van der Waals surface area contributed by atoms with E-state index in [-0.39, 0.29) is 0 Å². The highest BCUT2D eigenvalue weighted by atomic mass is 31.2. The molecular formula is C6H15O15P3. The number of rotatable bonds is 11. The van der Waals surface area contributed by atoms with Crippen molar-refractivity contribution in [2.75, 3.05) is 6.61 Å². The molecule has 0 aliphatic rings. The van der Waals surface area contributed by atoms with Crippen molar-refractivity contribution in [3.05, 3.63) is 0 Å². The van der Waals surface area contributed by atoms with E-state index in [1.54, 1.807) is 0 Å². The van der Waals surface area contributed by atoms with Crippen LogP contribution in [0.25, 0.3) is 0 Å². The molecule has 0 heterocycles. The summed E-state index contributed by atoms with van der Waals surface area (Å²) >= 11 is 0. The number of phosphoric ester groups is 3. The summed E-state index contributed by atoms with van der Waals surface area (Å²) < 4.78 is 44.4. The summed E-state index contributed by atoms with van der Waals surface area (Å²) in [6.07, 6.45) is -10.4. The predicted molar refractivity (Wildman–Crippen MR) is 69.9 cm³/mol. The SMILES string of the molecule is O=C[C@@H](OP(=O)(O)O)[C@H](OP(=O)(O)O)[C@H](OP(=O)(O)O)[C@H](O)CO. The van der Waals surface area contributed by atoms with E-state index in [4.69, 9.17) is 34.5 Å². The summed E-state index contributed by atoms with van der Waals surface area (Å²) in [5.41, 5.74) is 0. The summed E-state index contributed by atoms with van der Waals surface area (Å²) in [6, 6.07) is 0. The molecule has 0 amide bonds. The van der Waals surface area contributed by atoms with E-state index in [2.05, 4.69) is 13.6 Å². The van der Waals surface area contributed by atoms with Crippen LogP contribution in [-0.2, 0) is 32.1 Å². The average molecular weight is 420 g/mol. The van der Waals surface area contributed by atoms with Crippen LogP contribution in [0.15, 0.2) is 0 Å². The molecule has 0 saturated carbocycles. The highest BCUT2D eigenvalue weighted by Crippen LogP contribution is 2.46. The summed E-state index contributed by atoms with van der Waals surface area (Å²) in [6.45, 7) is -1.30. The van der Waals surface area contributed by atoms with Gasteiger partial charge in [0, 0.05) is 0 Å². The monoisotopic (exact) mass is 420 g/mol. The topological polar surface area (TPSA) is 258 Å². The van der Waals surface area contributed by atoms with E-state index in [1.165, 1.54) is 0 Å². The molecule has 18 heteroatoms. The summed E-state index contributed by atoms with van der Waals surface area (Å²) in [5.74, 6) is 0. The van der Waals surface area contributed by atoms with Crippen molar-refractivity contribution in [2.45, 2.75) is 24.4 Å². The second-order valence-electron chi connectivity index (χ2n) is 4.07. The smallest absolute Gasteiger partial charge is 0.394 e. The number of phosphoric acid groups is 3. The molecule has 0 spiro atoms. The number of aldehydes is 1. The van der Waals surface area contributed by atoms with E-state index < -0.39 is 60.8 Å². The maximum absolute atomic E-state index is 10.9. The fourth-order valence-corrected chi connectivity index (χ4v) is 3.02. The molecule has 0 rings (SSSR count). The highest BCUT2D eigenvalue weighted by molar-refractivity contribution is 7.47. The Kier molecular flexibility index (Phi) is 9.00. The molecule has 0 aromatic heterocycles. The second-order valence-corrected chi connectivity index (χ2v) is 7.64. The van der Waals surface area contributed by atoms with E-state index in [0.717, 1.165) is 0 Å². The van der Waals surface area contributed by atoms with Crippen molar-refractivity contribution >= 4 is 29.8 Å². The first kappa shape index (κ1) is 23.9. The van der Waals surface area contributed by atoms with Gasteiger partial charge in [-0.2, -0.15) is 0 Å². The lowest BCUT2D eigenvalue weighted by Crippen LogP contribution is -2.49. The van der Waals surface area contributed by atoms with Crippen LogP contribution in [0.2, 0.25) is 0 Å². The fraction of sp³-hybridized carbons (Fsp3) is 0.833. The zero-order valence-corrected chi connectivity index (χ0v) is 14.1. The molecule has 0 unspecified atom stereocenters. The zero-order chi connectivity index (χ0) is 19.3. The van der Waals surface area contributed by atoms with Crippen molar-refractivity contribution in [1.29, 1.82) is 0 Å². The Balaban J connectivity index is 5.91. The Labute approximate surface area is 133 Å². The number of hydrogen-bond donors (Lipinski definition) is 8. The summed E-state index contributed by atoms with van der Waals surface area (Å²) in [7, 11) is -16.5. The van der Waals surface area contributed by atoms with Crippen LogP contribution in [0.3, 0.4) is 0 Å². The maximum Gasteiger partial charge on any atom is 0.470 e. The number of aliphatic hydroxyl groups excluding tert-OH is 2. The largest absolute Gasteiger partial charge is 0.470 e. The lowest BCUT2D eigenvalue weighted by molar-refractivity contribution is -0.131. The van der Waals surface area contributed by atoms with Crippen LogP contribution >= 0.6 is 23.5 Å². The third-order valence-corrected chi connectivity index (χ3v) is 3.68. The van der Waals surface area contributed by atoms with Crippen LogP contribution in [0.1, 0.15) is 0 Å². The third kappa shape index (κ3) is 10.0. The highest BCUT2D eigenvalue weighted by Gasteiger charge is 2.45. The third-order valence-electron chi connectivity index (χ3n) is 2.13. The molecule has 144 valence electrons. The number of hydrogen-bond acceptors (Lipinski definition) is 9. The standard InChI is InChI=1S/C6H15O15P3/c7-1-3(9)5(20-23(13,14)15)6(21-24(16,17)18)4(2-8)19-22(10,11)12/h2-7,9H,1H2,(H2,10,11,12)(H2,13,14,15)(H2,16,17,18)/t3-,4-,5-,6+/m1/s1. The van der Waals surface area contributed by atoms with E-state index in [9.17, 15) is 23.6 Å². The molecule has 24 heavy (non-hydrogen) atoms. The summed E-state index contributed by atoms with van der Waals surface area (Å²) in [4.78, 5) is 63.2. The van der Waals surface area contributed by atoms with Crippen LogP contribution in [0, 0.1) is 0 Å². The van der Waals surface area contributed by atoms with Crippen LogP contribution < -0.4 is 0 Å². The van der Waals surface area contributed by atoms with E-state index in [1.807, 2.05) is 0 Å². The molecule has 0 radical (unpaired) electrons. The minimum Gasteiger partial charge on any atom is -0.394 e. The Morgan fingerprint density at radius 3 is 1.46 bits per heavy atom. The van der Waals surface area contributed by atoms with Gasteiger partial charge in [-0.15, -0.1) is 0 Å². The summed E-state index contributed by atoms with van der Waals surface area (Å²) in [5, 5.41) is 18.3. The molecular weight excluding hydrogens is 405 g/mol. The average Bonchev–Trinajstić information content (AvgIpc) is 2.36. The molecule has 0 aliphatic carbocycles. The normalized spacial score (nSPS) is 18.7. The van der Waals surface area contributed by atoms with Gasteiger partial charge >= 0.3 is 23.5 Å². The van der Waals surface area contributed by atoms with E-state index >= 15 is 0 Å². The van der Waals surface area contributed by atoms with Crippen molar-refractivity contribution in [1.82, 2.24) is 0 Å². The Morgan fingerprint density at radius 2 is 1.17 bits per heavy atom. The molecule has 4 atom stereocenters. The lowest BCUT2D eigenvalue weighted by atomic mass is 10.0. The van der Waals surface area contributed by atoms with Gasteiger partial charge in [-0.25, -0.2) is 13.7 Å². The number of carbonyl (C=O) groups excluding carboxylic acids is 1. The second kappa shape index (κ2) is 9.03. The maximum atomic E-state index is 10.9. The van der Waals surface area contributed by atoms with Gasteiger partial charge < -0.3 is 44.4 Å². The Hall–Kier alpha value is -0.0800. The first-order valence-corrected chi connectivity index (χ1v) is 10.1. The van der Waals surface area contributed by atoms with E-state index in [0.29, 0.717) is 0 Å². The minimum atomic E-state index is -5.54. The Morgan fingerprint density at radius 1 is 0.792 bits per heavy atom. The molecule has 8 N–H and O–H groups in total. The molecule has 0 fully saturated rings. The van der Waals surface area contributed by atoms with Gasteiger partial charge in [0.1, 0.15) is 18.3 Å². The van der Waals surface area contributed by atoms with Gasteiger partial charge in [0.15, 0.2) is 12.4 Å². The first-order chi connectivity index (χ1) is 10.6. The van der Waals surface area contributed by atoms with Gasteiger partial charge in [-0.3, -0.25) is 13.6 Å². The van der Waals surface area contributed by atoms with Crippen molar-refractivity contribution in [3.8, 4) is 0 Å². The van der Waals surface area contributed by atoms with Gasteiger partial charge in [0.05, 0.1) is 6.61 Å². The van der Waals surface area contributed by atoms with Gasteiger partial charge in [-0.05, 0) is 0 Å². The predicted octanol–water partition coefficient (Wildman–Crippen LogP) is -3.03. The molecule has 15 nitrogen and oxygen atoms in total. The quantitative estimate of drug-likeness (QED) is 0.122. The molecule has 0 aromatic carbocycles. The van der Waals surface area contributed by atoms with Gasteiger partial charge in [0.2, 0.25) is 0 Å². The first-order valence-electron chi connectivity index (χ1n) is 5.55. The van der Waals surface area contributed by atoms with Gasteiger partial charge in [0.25, 0.3) is 0 Å². The lowest BCUT2D eigenvalue weighted by Gasteiger charge is -2.32. The van der Waals surface area contributed by atoms with Crippen molar-refractivity contribution in [2.24, 2.45) is 0 Å². The van der Waals surface area contributed by atoms with Crippen LogP contribution in [-0.4, -0.2) is 76.9 Å². The molecule has 0 aromatic rings. The zero-order valence-electron chi connectivity index (χ0n) is 11.4. The fourth-order valence-electron chi connectivity index (χ4n) is 1.40. The molecule has 0 saturated heterocycles.